The van der Waals surface area contributed by atoms with Gasteiger partial charge in [0.15, 0.2) is 0 Å². The van der Waals surface area contributed by atoms with Crippen LogP contribution in [-0.4, -0.2) is 42.4 Å². The molecule has 1 saturated heterocycles. The van der Waals surface area contributed by atoms with Crippen molar-refractivity contribution >= 4 is 12.8 Å². The minimum Gasteiger partial charge on any atom is -0.444 e. The van der Waals surface area contributed by atoms with E-state index in [-0.39, 0.29) is 12.1 Å². The van der Waals surface area contributed by atoms with Gasteiger partial charge in [-0.1, -0.05) is 12.2 Å². The number of hydrogen-bond acceptors (Lipinski definition) is 4. The van der Waals surface area contributed by atoms with Crippen LogP contribution in [-0.2, 0) is 4.74 Å². The number of rotatable bonds is 4. The first-order valence-corrected chi connectivity index (χ1v) is 6.40. The van der Waals surface area contributed by atoms with Crippen LogP contribution in [0.25, 0.3) is 0 Å². The molecule has 0 aromatic carbocycles. The fraction of sp³-hybridized carbons (Fsp3) is 0.571. The second-order valence-corrected chi connectivity index (χ2v) is 5.46. The van der Waals surface area contributed by atoms with Crippen molar-refractivity contribution in [2.45, 2.75) is 39.3 Å². The predicted molar refractivity (Wildman–Crippen MR) is 77.2 cm³/mol. The minimum absolute atomic E-state index is 0.102. The van der Waals surface area contributed by atoms with Crippen LogP contribution < -0.4 is 5.32 Å². The van der Waals surface area contributed by atoms with Gasteiger partial charge in [0.2, 0.25) is 0 Å². The summed E-state index contributed by atoms with van der Waals surface area (Å²) in [5.74, 6) is 0.820. The van der Waals surface area contributed by atoms with Crippen LogP contribution in [0.1, 0.15) is 27.7 Å². The van der Waals surface area contributed by atoms with Crippen LogP contribution in [0.5, 0.6) is 0 Å². The Balaban J connectivity index is 2.37. The summed E-state index contributed by atoms with van der Waals surface area (Å²) in [5, 5.41) is 2.83. The monoisotopic (exact) mass is 265 g/mol. The first-order chi connectivity index (χ1) is 8.85. The Morgan fingerprint density at radius 2 is 2.11 bits per heavy atom. The minimum atomic E-state index is -0.465. The largest absolute Gasteiger partial charge is 0.444 e. The van der Waals surface area contributed by atoms with Gasteiger partial charge in [0.1, 0.15) is 11.4 Å². The Morgan fingerprint density at radius 3 is 2.58 bits per heavy atom. The van der Waals surface area contributed by atoms with Crippen molar-refractivity contribution in [1.82, 2.24) is 10.2 Å². The third-order valence-corrected chi connectivity index (χ3v) is 2.53. The van der Waals surface area contributed by atoms with E-state index in [0.717, 1.165) is 18.9 Å². The molecule has 1 heterocycles. The molecule has 0 unspecified atom stereocenters. The molecule has 0 aromatic rings. The standard InChI is InChI=1S/C14H23N3O2/c1-6-7-8-12(15-5)17-9-11(10-17)16-13(18)19-14(2,3)4/h6-8,11H,5,9-10H2,1-4H3,(H,16,18)/b7-6-,12-8+. The molecule has 1 N–H and O–H groups in total. The third-order valence-electron chi connectivity index (χ3n) is 2.53. The summed E-state index contributed by atoms with van der Waals surface area (Å²) in [5.41, 5.74) is -0.465. The van der Waals surface area contributed by atoms with E-state index in [1.54, 1.807) is 0 Å². The molecule has 106 valence electrons. The number of carbonyl (C=O) groups excluding carboxylic acids is 1. The van der Waals surface area contributed by atoms with Crippen molar-refractivity contribution in [2.75, 3.05) is 13.1 Å². The van der Waals surface area contributed by atoms with Crippen LogP contribution in [0.2, 0.25) is 0 Å². The average molecular weight is 265 g/mol. The van der Waals surface area contributed by atoms with Gasteiger partial charge in [-0.2, -0.15) is 0 Å². The first kappa shape index (κ1) is 15.3. The lowest BCUT2D eigenvalue weighted by atomic mass is 10.1. The molecule has 0 aromatic heterocycles. The van der Waals surface area contributed by atoms with Gasteiger partial charge in [-0.15, -0.1) is 0 Å². The maximum Gasteiger partial charge on any atom is 0.407 e. The zero-order valence-electron chi connectivity index (χ0n) is 12.1. The normalized spacial score (nSPS) is 17.3. The Morgan fingerprint density at radius 1 is 1.47 bits per heavy atom. The Kier molecular flexibility index (Phi) is 5.15. The van der Waals surface area contributed by atoms with E-state index < -0.39 is 5.60 Å². The smallest absolute Gasteiger partial charge is 0.407 e. The number of nitrogens with one attached hydrogen (secondary N) is 1. The van der Waals surface area contributed by atoms with Gasteiger partial charge in [-0.3, -0.25) is 0 Å². The fourth-order valence-electron chi connectivity index (χ4n) is 1.67. The number of amides is 1. The van der Waals surface area contributed by atoms with Gasteiger partial charge in [0.05, 0.1) is 6.04 Å². The maximum absolute atomic E-state index is 11.6. The highest BCUT2D eigenvalue weighted by Gasteiger charge is 2.30. The lowest BCUT2D eigenvalue weighted by molar-refractivity contribution is 0.0434. The van der Waals surface area contributed by atoms with Gasteiger partial charge in [0.25, 0.3) is 0 Å². The van der Waals surface area contributed by atoms with Crippen molar-refractivity contribution in [1.29, 1.82) is 0 Å². The number of allylic oxidation sites excluding steroid dienone is 3. The highest BCUT2D eigenvalue weighted by Crippen LogP contribution is 2.17. The SMILES string of the molecule is C=N/C(=C\C=C/C)N1CC(NC(=O)OC(C)(C)C)C1. The van der Waals surface area contributed by atoms with Crippen LogP contribution in [0.15, 0.2) is 29.0 Å². The highest BCUT2D eigenvalue weighted by atomic mass is 16.6. The molecule has 1 rings (SSSR count). The number of likely N-dealkylation sites (tertiary alicyclic amines) is 1. The zero-order valence-corrected chi connectivity index (χ0v) is 12.1. The Hall–Kier alpha value is -1.78. The lowest BCUT2D eigenvalue weighted by Gasteiger charge is -2.41. The quantitative estimate of drug-likeness (QED) is 0.627. The summed E-state index contributed by atoms with van der Waals surface area (Å²) in [6.45, 7) is 12.5. The van der Waals surface area contributed by atoms with Crippen molar-refractivity contribution < 1.29 is 9.53 Å². The zero-order chi connectivity index (χ0) is 14.5. The number of carbonyl (C=O) groups is 1. The summed E-state index contributed by atoms with van der Waals surface area (Å²) in [7, 11) is 0. The Bertz CT molecular complexity index is 388. The lowest BCUT2D eigenvalue weighted by Crippen LogP contribution is -2.58. The van der Waals surface area contributed by atoms with Gasteiger partial charge in [-0.05, 0) is 40.5 Å². The number of aliphatic imine (C=N–C) groups is 1. The van der Waals surface area contributed by atoms with E-state index >= 15 is 0 Å². The maximum atomic E-state index is 11.6. The van der Waals surface area contributed by atoms with Crippen LogP contribution in [0.4, 0.5) is 4.79 Å². The van der Waals surface area contributed by atoms with Gasteiger partial charge in [-0.25, -0.2) is 9.79 Å². The van der Waals surface area contributed by atoms with E-state index in [1.807, 2.05) is 45.9 Å². The van der Waals surface area contributed by atoms with Gasteiger partial charge < -0.3 is 15.0 Å². The molecule has 19 heavy (non-hydrogen) atoms. The molecule has 1 amide bonds. The molecule has 0 aliphatic carbocycles. The summed E-state index contributed by atoms with van der Waals surface area (Å²) in [4.78, 5) is 17.6. The molecule has 5 nitrogen and oxygen atoms in total. The Labute approximate surface area is 115 Å². The molecule has 0 atom stereocenters. The first-order valence-electron chi connectivity index (χ1n) is 6.40. The van der Waals surface area contributed by atoms with Crippen molar-refractivity contribution in [3.63, 3.8) is 0 Å². The van der Waals surface area contributed by atoms with Crippen molar-refractivity contribution in [3.05, 3.63) is 24.0 Å². The summed E-state index contributed by atoms with van der Waals surface area (Å²) >= 11 is 0. The van der Waals surface area contributed by atoms with E-state index in [0.29, 0.717) is 0 Å². The number of ether oxygens (including phenoxy) is 1. The molecule has 0 radical (unpaired) electrons. The predicted octanol–water partition coefficient (Wildman–Crippen LogP) is 2.31. The second kappa shape index (κ2) is 6.41. The number of nitrogens with zero attached hydrogens (tertiary/aromatic N) is 2. The van der Waals surface area contributed by atoms with Crippen LogP contribution in [0, 0.1) is 0 Å². The van der Waals surface area contributed by atoms with E-state index in [2.05, 4.69) is 21.9 Å². The number of alkyl carbamates (subject to hydrolysis) is 1. The average Bonchev–Trinajstić information content (AvgIpc) is 2.23. The molecule has 0 bridgehead atoms. The van der Waals surface area contributed by atoms with Crippen molar-refractivity contribution in [3.8, 4) is 0 Å². The fourth-order valence-corrected chi connectivity index (χ4v) is 1.67. The molecule has 5 heteroatoms. The topological polar surface area (TPSA) is 53.9 Å². The van der Waals surface area contributed by atoms with Crippen LogP contribution in [0.3, 0.4) is 0 Å². The molecular formula is C14H23N3O2. The van der Waals surface area contributed by atoms with E-state index in [9.17, 15) is 4.79 Å². The van der Waals surface area contributed by atoms with Crippen LogP contribution >= 0.6 is 0 Å². The second-order valence-electron chi connectivity index (χ2n) is 5.46. The summed E-state index contributed by atoms with van der Waals surface area (Å²) < 4.78 is 5.20. The van der Waals surface area contributed by atoms with Gasteiger partial charge >= 0.3 is 6.09 Å². The highest BCUT2D eigenvalue weighted by molar-refractivity contribution is 5.68. The molecule has 1 fully saturated rings. The summed E-state index contributed by atoms with van der Waals surface area (Å²) in [6.07, 6.45) is 5.37. The summed E-state index contributed by atoms with van der Waals surface area (Å²) in [6, 6.07) is 0.102. The molecule has 0 saturated carbocycles. The molecule has 1 aliphatic rings. The van der Waals surface area contributed by atoms with Crippen molar-refractivity contribution in [2.24, 2.45) is 4.99 Å². The number of hydrogen-bond donors (Lipinski definition) is 1. The molecular weight excluding hydrogens is 242 g/mol. The molecule has 0 spiro atoms. The van der Waals surface area contributed by atoms with E-state index in [1.165, 1.54) is 0 Å². The van der Waals surface area contributed by atoms with Gasteiger partial charge in [0, 0.05) is 13.1 Å². The molecule has 1 aliphatic heterocycles. The van der Waals surface area contributed by atoms with E-state index in [4.69, 9.17) is 4.74 Å². The third kappa shape index (κ3) is 5.16.